The van der Waals surface area contributed by atoms with Gasteiger partial charge >= 0.3 is 17.9 Å². The summed E-state index contributed by atoms with van der Waals surface area (Å²) in [7, 11) is 0. The number of rotatable bonds is 8. The Hall–Kier alpha value is -1.93. The first-order valence-electron chi connectivity index (χ1n) is 17.2. The van der Waals surface area contributed by atoms with Gasteiger partial charge in [0.1, 0.15) is 12.2 Å². The first-order valence-corrected chi connectivity index (χ1v) is 17.2. The van der Waals surface area contributed by atoms with E-state index in [2.05, 4.69) is 34.6 Å². The van der Waals surface area contributed by atoms with E-state index < -0.39 is 47.2 Å². The van der Waals surface area contributed by atoms with Crippen molar-refractivity contribution in [1.29, 1.82) is 0 Å². The third kappa shape index (κ3) is 5.14. The van der Waals surface area contributed by atoms with Gasteiger partial charge in [-0.3, -0.25) is 9.59 Å². The lowest BCUT2D eigenvalue weighted by Gasteiger charge is -2.70. The highest BCUT2D eigenvalue weighted by molar-refractivity contribution is 5.88. The van der Waals surface area contributed by atoms with E-state index in [1.807, 2.05) is 13.8 Å². The molecule has 0 aromatic carbocycles. The van der Waals surface area contributed by atoms with Crippen LogP contribution in [0.2, 0.25) is 0 Å². The van der Waals surface area contributed by atoms with Gasteiger partial charge in [-0.1, -0.05) is 54.9 Å². The van der Waals surface area contributed by atoms with E-state index in [0.29, 0.717) is 36.3 Å². The van der Waals surface area contributed by atoms with E-state index in [0.717, 1.165) is 38.5 Å². The molecule has 0 heterocycles. The number of ether oxygens (including phenoxy) is 2. The lowest BCUT2D eigenvalue weighted by molar-refractivity contribution is -0.288. The first kappa shape index (κ1) is 33.4. The first-order chi connectivity index (χ1) is 20.5. The van der Waals surface area contributed by atoms with Crippen LogP contribution in [0.4, 0.5) is 0 Å². The zero-order valence-corrected chi connectivity index (χ0v) is 28.1. The van der Waals surface area contributed by atoms with Gasteiger partial charge in [0, 0.05) is 23.8 Å². The van der Waals surface area contributed by atoms with E-state index in [1.54, 1.807) is 0 Å². The molecule has 0 saturated heterocycles. The van der Waals surface area contributed by atoms with Crippen LogP contribution in [0.1, 0.15) is 113 Å². The molecule has 13 unspecified atom stereocenters. The maximum Gasteiger partial charge on any atom is 0.331 e. The zero-order valence-electron chi connectivity index (χ0n) is 28.1. The molecule has 248 valence electrons. The average Bonchev–Trinajstić information content (AvgIpc) is 3.59. The molecule has 13 atom stereocenters. The average molecular weight is 617 g/mol. The summed E-state index contributed by atoms with van der Waals surface area (Å²) in [5, 5.41) is 34.2. The Balaban J connectivity index is 1.62. The minimum absolute atomic E-state index is 0.0487. The third-order valence-corrected chi connectivity index (χ3v) is 13.6. The van der Waals surface area contributed by atoms with Crippen LogP contribution in [-0.4, -0.2) is 57.6 Å². The van der Waals surface area contributed by atoms with Gasteiger partial charge in [0.05, 0.1) is 18.1 Å². The molecule has 0 aromatic rings. The molecule has 0 bridgehead atoms. The Morgan fingerprint density at radius 1 is 1.02 bits per heavy atom. The standard InChI is InChI=1S/C36H56O8/c1-18(2)10-9-11-22(32(40)41)28-24-12-13-27-34(6)15-14-25(38)20(4)29(34)30(44-33(42)23-16-19(23)3)31(39)36(27,8)35(24,7)17-26(28)43-21(5)37/h18-20,23-27,29-31,38-39H,9-17H2,1-8H3,(H,40,41)/b28-22-. The zero-order chi connectivity index (χ0) is 32.5. The Morgan fingerprint density at radius 3 is 2.25 bits per heavy atom. The van der Waals surface area contributed by atoms with Crippen LogP contribution in [0.5, 0.6) is 0 Å². The van der Waals surface area contributed by atoms with Crippen LogP contribution in [-0.2, 0) is 23.9 Å². The molecule has 0 radical (unpaired) electrons. The predicted octanol–water partition coefficient (Wildman–Crippen LogP) is 5.92. The molecule has 8 heteroatoms. The topological polar surface area (TPSA) is 130 Å². The number of hydrogen-bond donors (Lipinski definition) is 3. The molecule has 5 saturated carbocycles. The lowest BCUT2D eigenvalue weighted by atomic mass is 9.35. The molecule has 8 nitrogen and oxygen atoms in total. The normalized spacial score (nSPS) is 47.2. The Bertz CT molecular complexity index is 1190. The number of aliphatic carboxylic acids is 1. The summed E-state index contributed by atoms with van der Waals surface area (Å²) in [5.74, 6) is -1.62. The van der Waals surface area contributed by atoms with Crippen LogP contribution in [0.3, 0.4) is 0 Å². The number of esters is 2. The van der Waals surface area contributed by atoms with E-state index in [4.69, 9.17) is 9.47 Å². The number of carbonyl (C=O) groups excluding carboxylic acids is 2. The van der Waals surface area contributed by atoms with Gasteiger partial charge in [0.15, 0.2) is 0 Å². The predicted molar refractivity (Wildman–Crippen MR) is 165 cm³/mol. The number of carbonyl (C=O) groups is 3. The second-order valence-corrected chi connectivity index (χ2v) is 16.4. The minimum Gasteiger partial charge on any atom is -0.478 e. The molecule has 5 aliphatic rings. The second kappa shape index (κ2) is 11.7. The van der Waals surface area contributed by atoms with Crippen LogP contribution in [0.25, 0.3) is 0 Å². The fraction of sp³-hybridized carbons (Fsp3) is 0.861. The molecule has 0 aliphatic heterocycles. The van der Waals surface area contributed by atoms with E-state index in [-0.39, 0.29) is 46.9 Å². The summed E-state index contributed by atoms with van der Waals surface area (Å²) in [5.41, 5.74) is -0.621. The van der Waals surface area contributed by atoms with Crippen molar-refractivity contribution in [3.8, 4) is 0 Å². The SMILES string of the molecule is CC(=O)OC1CC2(C)C(CCC3C4(C)CCC(O)C(C)C4C(OC(=O)C4CC4C)C(O)C32C)/C1=C(\CCCC(C)C)C(=O)O. The van der Waals surface area contributed by atoms with Crippen molar-refractivity contribution >= 4 is 17.9 Å². The molecule has 0 spiro atoms. The highest BCUT2D eigenvalue weighted by atomic mass is 16.6. The van der Waals surface area contributed by atoms with Gasteiger partial charge in [-0.15, -0.1) is 0 Å². The summed E-state index contributed by atoms with van der Waals surface area (Å²) < 4.78 is 12.3. The van der Waals surface area contributed by atoms with Crippen molar-refractivity contribution in [2.75, 3.05) is 0 Å². The van der Waals surface area contributed by atoms with Gasteiger partial charge < -0.3 is 24.8 Å². The molecule has 5 fully saturated rings. The van der Waals surface area contributed by atoms with E-state index in [1.165, 1.54) is 6.92 Å². The Labute approximate surface area is 263 Å². The van der Waals surface area contributed by atoms with Crippen molar-refractivity contribution in [3.05, 3.63) is 11.1 Å². The van der Waals surface area contributed by atoms with Crippen LogP contribution in [0, 0.1) is 57.7 Å². The van der Waals surface area contributed by atoms with E-state index >= 15 is 0 Å². The Morgan fingerprint density at radius 2 is 1.68 bits per heavy atom. The van der Waals surface area contributed by atoms with Crippen molar-refractivity contribution in [2.24, 2.45) is 57.7 Å². The van der Waals surface area contributed by atoms with E-state index in [9.17, 15) is 29.7 Å². The molecular weight excluding hydrogens is 560 g/mol. The number of hydrogen-bond acceptors (Lipinski definition) is 7. The summed E-state index contributed by atoms with van der Waals surface area (Å²) in [6.07, 6.45) is 3.16. The molecule has 5 rings (SSSR count). The monoisotopic (exact) mass is 616 g/mol. The minimum atomic E-state index is -1.02. The summed E-state index contributed by atoms with van der Waals surface area (Å²) in [6, 6.07) is 0. The van der Waals surface area contributed by atoms with Crippen molar-refractivity contribution in [1.82, 2.24) is 0 Å². The number of carboxylic acid groups (broad SMARTS) is 1. The van der Waals surface area contributed by atoms with Gasteiger partial charge in [0.2, 0.25) is 0 Å². The summed E-state index contributed by atoms with van der Waals surface area (Å²) in [6.45, 7) is 16.2. The second-order valence-electron chi connectivity index (χ2n) is 16.4. The van der Waals surface area contributed by atoms with Crippen LogP contribution in [0.15, 0.2) is 11.1 Å². The lowest BCUT2D eigenvalue weighted by Crippen LogP contribution is -2.72. The number of aliphatic hydroxyl groups excluding tert-OH is 2. The van der Waals surface area contributed by atoms with Crippen molar-refractivity contribution in [3.63, 3.8) is 0 Å². The molecule has 5 aliphatic carbocycles. The number of carboxylic acids is 1. The molecule has 44 heavy (non-hydrogen) atoms. The molecule has 3 N–H and O–H groups in total. The fourth-order valence-electron chi connectivity index (χ4n) is 11.0. The molecule has 0 amide bonds. The third-order valence-electron chi connectivity index (χ3n) is 13.6. The largest absolute Gasteiger partial charge is 0.478 e. The maximum absolute atomic E-state index is 13.4. The maximum atomic E-state index is 13.4. The van der Waals surface area contributed by atoms with Gasteiger partial charge in [0.25, 0.3) is 0 Å². The highest BCUT2D eigenvalue weighted by Gasteiger charge is 2.74. The van der Waals surface area contributed by atoms with Crippen LogP contribution >= 0.6 is 0 Å². The van der Waals surface area contributed by atoms with Crippen molar-refractivity contribution < 1.29 is 39.2 Å². The number of fused-ring (bicyclic) bond motifs is 5. The fourth-order valence-corrected chi connectivity index (χ4v) is 11.0. The highest BCUT2D eigenvalue weighted by Crippen LogP contribution is 2.74. The smallest absolute Gasteiger partial charge is 0.331 e. The van der Waals surface area contributed by atoms with Gasteiger partial charge in [-0.25, -0.2) is 4.79 Å². The summed E-state index contributed by atoms with van der Waals surface area (Å²) >= 11 is 0. The molecule has 0 aromatic heterocycles. The van der Waals surface area contributed by atoms with Gasteiger partial charge in [-0.05, 0) is 97.4 Å². The quantitative estimate of drug-likeness (QED) is 0.226. The van der Waals surface area contributed by atoms with Crippen LogP contribution < -0.4 is 0 Å². The van der Waals surface area contributed by atoms with Gasteiger partial charge in [-0.2, -0.15) is 0 Å². The number of aliphatic hydroxyl groups is 2. The Kier molecular flexibility index (Phi) is 8.89. The summed E-state index contributed by atoms with van der Waals surface area (Å²) in [4.78, 5) is 38.7. The van der Waals surface area contributed by atoms with Crippen molar-refractivity contribution in [2.45, 2.75) is 138 Å². The molecular formula is C36H56O8.